The van der Waals surface area contributed by atoms with Crippen molar-refractivity contribution in [2.45, 2.75) is 11.8 Å². The third kappa shape index (κ3) is 8.41. The lowest BCUT2D eigenvalue weighted by atomic mass is 10.2. The van der Waals surface area contributed by atoms with Gasteiger partial charge in [-0.2, -0.15) is 0 Å². The van der Waals surface area contributed by atoms with Gasteiger partial charge in [-0.25, -0.2) is 0 Å². The van der Waals surface area contributed by atoms with Crippen molar-refractivity contribution in [3.63, 3.8) is 0 Å². The molecule has 0 unspecified atom stereocenters. The van der Waals surface area contributed by atoms with E-state index in [4.69, 9.17) is 4.74 Å². The fraction of sp³-hybridized carbons (Fsp3) is 0.300. The number of amides is 2. The van der Waals surface area contributed by atoms with E-state index in [-0.39, 0.29) is 23.3 Å². The molecular weight excluding hydrogens is 380 g/mol. The van der Waals surface area contributed by atoms with Crippen LogP contribution in [0.4, 0.5) is 5.69 Å². The molecule has 2 aromatic rings. The second kappa shape index (κ2) is 11.6. The summed E-state index contributed by atoms with van der Waals surface area (Å²) in [5, 5.41) is 5.67. The first-order chi connectivity index (χ1) is 13.1. The van der Waals surface area contributed by atoms with Crippen LogP contribution < -0.4 is 15.4 Å². The van der Waals surface area contributed by atoms with Crippen molar-refractivity contribution in [3.8, 4) is 5.75 Å². The van der Waals surface area contributed by atoms with E-state index >= 15 is 0 Å². The summed E-state index contributed by atoms with van der Waals surface area (Å²) in [5.74, 6) is 1.87. The van der Waals surface area contributed by atoms with Gasteiger partial charge in [0.25, 0.3) is 0 Å². The van der Waals surface area contributed by atoms with Gasteiger partial charge in [0.15, 0.2) is 0 Å². The minimum absolute atomic E-state index is 0.0539. The smallest absolute Gasteiger partial charge is 0.234 e. The molecule has 0 bridgehead atoms. The summed E-state index contributed by atoms with van der Waals surface area (Å²) in [7, 11) is 1.59. The molecule has 0 spiro atoms. The Kier molecular flexibility index (Phi) is 9.07. The first-order valence-electron chi connectivity index (χ1n) is 8.54. The molecule has 2 aromatic carbocycles. The molecule has 0 fully saturated rings. The molecule has 27 heavy (non-hydrogen) atoms. The molecule has 2 rings (SSSR count). The summed E-state index contributed by atoms with van der Waals surface area (Å²) in [4.78, 5) is 24.9. The highest BCUT2D eigenvalue weighted by atomic mass is 32.2. The highest BCUT2D eigenvalue weighted by Gasteiger charge is 2.06. The minimum Gasteiger partial charge on any atom is -0.497 e. The highest BCUT2D eigenvalue weighted by Crippen LogP contribution is 2.17. The van der Waals surface area contributed by atoms with Crippen molar-refractivity contribution in [2.75, 3.05) is 36.2 Å². The summed E-state index contributed by atoms with van der Waals surface area (Å²) in [6.07, 6.45) is 0. The number of rotatable bonds is 10. The lowest BCUT2D eigenvalue weighted by molar-refractivity contribution is -0.118. The largest absolute Gasteiger partial charge is 0.497 e. The third-order valence-electron chi connectivity index (χ3n) is 3.55. The normalized spacial score (nSPS) is 10.3. The molecule has 0 atom stereocenters. The van der Waals surface area contributed by atoms with Crippen LogP contribution in [0.25, 0.3) is 0 Å². The fourth-order valence-electron chi connectivity index (χ4n) is 2.15. The molecule has 0 aromatic heterocycles. The molecule has 0 saturated carbocycles. The number of carbonyl (C=O) groups is 2. The van der Waals surface area contributed by atoms with E-state index in [1.807, 2.05) is 0 Å². The van der Waals surface area contributed by atoms with Crippen molar-refractivity contribution in [3.05, 3.63) is 54.1 Å². The second-order valence-corrected chi connectivity index (χ2v) is 7.93. The van der Waals surface area contributed by atoms with Crippen LogP contribution in [0.1, 0.15) is 5.56 Å². The van der Waals surface area contributed by atoms with E-state index in [0.29, 0.717) is 12.2 Å². The monoisotopic (exact) mass is 404 g/mol. The van der Waals surface area contributed by atoms with Gasteiger partial charge in [-0.05, 0) is 43.3 Å². The first-order valence-corrected chi connectivity index (χ1v) is 10.7. The molecule has 0 saturated heterocycles. The van der Waals surface area contributed by atoms with Crippen molar-refractivity contribution in [2.24, 2.45) is 0 Å². The summed E-state index contributed by atoms with van der Waals surface area (Å²) in [6.45, 7) is 2.67. The Morgan fingerprint density at radius 3 is 2.30 bits per heavy atom. The maximum Gasteiger partial charge on any atom is 0.234 e. The number of hydrogen-bond acceptors (Lipinski definition) is 5. The zero-order valence-electron chi connectivity index (χ0n) is 15.5. The summed E-state index contributed by atoms with van der Waals surface area (Å²) in [5.41, 5.74) is 1.94. The van der Waals surface area contributed by atoms with Gasteiger partial charge >= 0.3 is 0 Å². The van der Waals surface area contributed by atoms with Gasteiger partial charge in [-0.1, -0.05) is 17.7 Å². The van der Waals surface area contributed by atoms with E-state index in [1.165, 1.54) is 22.2 Å². The zero-order chi connectivity index (χ0) is 19.5. The predicted molar refractivity (Wildman–Crippen MR) is 114 cm³/mol. The number of methoxy groups -OCH3 is 1. The van der Waals surface area contributed by atoms with Crippen LogP contribution in [0.3, 0.4) is 0 Å². The molecule has 0 radical (unpaired) electrons. The van der Waals surface area contributed by atoms with E-state index < -0.39 is 0 Å². The fourth-order valence-corrected chi connectivity index (χ4v) is 3.57. The Balaban J connectivity index is 1.55. The number of nitrogens with one attached hydrogen (secondary N) is 2. The quantitative estimate of drug-likeness (QED) is 0.468. The molecule has 2 amide bonds. The van der Waals surface area contributed by atoms with Crippen LogP contribution >= 0.6 is 23.5 Å². The number of hydrogen-bond donors (Lipinski definition) is 2. The molecular formula is C20H24N2O3S2. The number of anilines is 1. The molecule has 0 aliphatic heterocycles. The van der Waals surface area contributed by atoms with Crippen molar-refractivity contribution >= 4 is 41.0 Å². The van der Waals surface area contributed by atoms with E-state index in [2.05, 4.69) is 41.8 Å². The van der Waals surface area contributed by atoms with Gasteiger partial charge < -0.3 is 15.4 Å². The van der Waals surface area contributed by atoms with Crippen LogP contribution in [0, 0.1) is 6.92 Å². The topological polar surface area (TPSA) is 67.4 Å². The van der Waals surface area contributed by atoms with Gasteiger partial charge in [0, 0.05) is 22.9 Å². The molecule has 144 valence electrons. The van der Waals surface area contributed by atoms with Crippen LogP contribution in [0.5, 0.6) is 5.75 Å². The Bertz CT molecular complexity index is 734. The highest BCUT2D eigenvalue weighted by molar-refractivity contribution is 8.00. The van der Waals surface area contributed by atoms with Gasteiger partial charge in [0.2, 0.25) is 11.8 Å². The van der Waals surface area contributed by atoms with Crippen molar-refractivity contribution in [1.29, 1.82) is 0 Å². The molecule has 0 heterocycles. The first kappa shape index (κ1) is 21.2. The number of benzene rings is 2. The Morgan fingerprint density at radius 2 is 1.63 bits per heavy atom. The van der Waals surface area contributed by atoms with Gasteiger partial charge in [0.05, 0.1) is 18.6 Å². The number of carbonyl (C=O) groups excluding carboxylic acids is 2. The third-order valence-corrected chi connectivity index (χ3v) is 5.50. The van der Waals surface area contributed by atoms with Gasteiger partial charge in [-0.3, -0.25) is 9.59 Å². The van der Waals surface area contributed by atoms with Crippen LogP contribution in [-0.4, -0.2) is 42.7 Å². The van der Waals surface area contributed by atoms with E-state index in [9.17, 15) is 9.59 Å². The van der Waals surface area contributed by atoms with Gasteiger partial charge in [-0.15, -0.1) is 23.5 Å². The van der Waals surface area contributed by atoms with Crippen LogP contribution in [-0.2, 0) is 9.59 Å². The summed E-state index contributed by atoms with van der Waals surface area (Å²) in [6, 6.07) is 15.4. The second-order valence-electron chi connectivity index (χ2n) is 5.78. The van der Waals surface area contributed by atoms with Crippen molar-refractivity contribution < 1.29 is 14.3 Å². The Hall–Kier alpha value is -2.12. The number of thioether (sulfide) groups is 2. The maximum atomic E-state index is 11.9. The molecule has 2 N–H and O–H groups in total. The Labute approximate surface area is 168 Å². The lowest BCUT2D eigenvalue weighted by Crippen LogP contribution is -2.28. The molecule has 0 aliphatic rings. The average molecular weight is 405 g/mol. The molecule has 0 aliphatic carbocycles. The summed E-state index contributed by atoms with van der Waals surface area (Å²) < 4.78 is 5.07. The zero-order valence-corrected chi connectivity index (χ0v) is 17.1. The van der Waals surface area contributed by atoms with E-state index in [1.54, 1.807) is 43.1 Å². The standard InChI is InChI=1S/C20H24N2O3S2/c1-15-3-9-18(10-4-15)27-12-11-21-19(23)13-26-14-20(24)22-16-5-7-17(25-2)8-6-16/h3-10H,11-14H2,1-2H3,(H,21,23)(H,22,24). The number of ether oxygens (including phenoxy) is 1. The van der Waals surface area contributed by atoms with Gasteiger partial charge in [0.1, 0.15) is 5.75 Å². The van der Waals surface area contributed by atoms with Crippen LogP contribution in [0.2, 0.25) is 0 Å². The molecule has 7 heteroatoms. The average Bonchev–Trinajstić information content (AvgIpc) is 2.67. The SMILES string of the molecule is COc1ccc(NC(=O)CSCC(=O)NCCSc2ccc(C)cc2)cc1. The molecule has 5 nitrogen and oxygen atoms in total. The van der Waals surface area contributed by atoms with Crippen LogP contribution in [0.15, 0.2) is 53.4 Å². The predicted octanol–water partition coefficient (Wildman–Crippen LogP) is 3.58. The number of aryl methyl sites for hydroxylation is 1. The lowest BCUT2D eigenvalue weighted by Gasteiger charge is -2.07. The van der Waals surface area contributed by atoms with Crippen molar-refractivity contribution in [1.82, 2.24) is 5.32 Å². The minimum atomic E-state index is -0.132. The van der Waals surface area contributed by atoms with E-state index in [0.717, 1.165) is 11.5 Å². The Morgan fingerprint density at radius 1 is 0.963 bits per heavy atom. The maximum absolute atomic E-state index is 11.9. The summed E-state index contributed by atoms with van der Waals surface area (Å²) >= 11 is 3.01.